The molecule has 0 radical (unpaired) electrons. The van der Waals surface area contributed by atoms with Crippen LogP contribution < -0.4 is 5.73 Å². The molecule has 6 heteroatoms. The van der Waals surface area contributed by atoms with Gasteiger partial charge in [0.2, 0.25) is 0 Å². The summed E-state index contributed by atoms with van der Waals surface area (Å²) in [6, 6.07) is 11.6. The SMILES string of the molecule is Cc1cc(S(=O)(=O)N(CCN)CCc2ccccc2)sc1C. The van der Waals surface area contributed by atoms with Gasteiger partial charge in [0.1, 0.15) is 4.21 Å². The maximum absolute atomic E-state index is 12.8. The molecule has 0 aliphatic rings. The van der Waals surface area contributed by atoms with E-state index in [1.165, 1.54) is 15.6 Å². The van der Waals surface area contributed by atoms with Crippen molar-refractivity contribution in [2.45, 2.75) is 24.5 Å². The van der Waals surface area contributed by atoms with Crippen LogP contribution in [-0.2, 0) is 16.4 Å². The maximum Gasteiger partial charge on any atom is 0.252 e. The van der Waals surface area contributed by atoms with Crippen LogP contribution in [-0.4, -0.2) is 32.4 Å². The third-order valence-corrected chi connectivity index (χ3v) is 7.11. The molecule has 0 spiro atoms. The summed E-state index contributed by atoms with van der Waals surface area (Å²) >= 11 is 1.33. The van der Waals surface area contributed by atoms with Gasteiger partial charge in [-0.15, -0.1) is 11.3 Å². The van der Waals surface area contributed by atoms with E-state index in [1.807, 2.05) is 44.2 Å². The van der Waals surface area contributed by atoms with Crippen LogP contribution in [0.5, 0.6) is 0 Å². The molecule has 0 unspecified atom stereocenters. The van der Waals surface area contributed by atoms with Crippen molar-refractivity contribution < 1.29 is 8.42 Å². The Kier molecular flexibility index (Phi) is 5.74. The minimum absolute atomic E-state index is 0.317. The van der Waals surface area contributed by atoms with Gasteiger partial charge in [-0.25, -0.2) is 8.42 Å². The summed E-state index contributed by atoms with van der Waals surface area (Å²) in [7, 11) is -3.46. The molecule has 0 bridgehead atoms. The summed E-state index contributed by atoms with van der Waals surface area (Å²) in [5.74, 6) is 0. The van der Waals surface area contributed by atoms with Crippen LogP contribution in [0.2, 0.25) is 0 Å². The van der Waals surface area contributed by atoms with Crippen LogP contribution in [0.15, 0.2) is 40.6 Å². The van der Waals surface area contributed by atoms with Crippen molar-refractivity contribution in [2.24, 2.45) is 5.73 Å². The van der Waals surface area contributed by atoms with E-state index in [9.17, 15) is 8.42 Å². The molecule has 0 saturated heterocycles. The third-order valence-electron chi connectivity index (χ3n) is 3.61. The molecule has 1 heterocycles. The number of nitrogens with two attached hydrogens (primary N) is 1. The van der Waals surface area contributed by atoms with Crippen LogP contribution in [0.3, 0.4) is 0 Å². The van der Waals surface area contributed by atoms with Crippen molar-refractivity contribution in [3.63, 3.8) is 0 Å². The highest BCUT2D eigenvalue weighted by Crippen LogP contribution is 2.27. The van der Waals surface area contributed by atoms with Gasteiger partial charge < -0.3 is 5.73 Å². The van der Waals surface area contributed by atoms with Gasteiger partial charge in [-0.05, 0) is 37.5 Å². The molecule has 0 fully saturated rings. The largest absolute Gasteiger partial charge is 0.329 e. The number of benzene rings is 1. The van der Waals surface area contributed by atoms with Gasteiger partial charge in [0.15, 0.2) is 0 Å². The van der Waals surface area contributed by atoms with Crippen molar-refractivity contribution in [3.05, 3.63) is 52.4 Å². The fourth-order valence-electron chi connectivity index (χ4n) is 2.19. The minimum atomic E-state index is -3.46. The molecule has 2 rings (SSSR count). The van der Waals surface area contributed by atoms with Crippen LogP contribution in [0.25, 0.3) is 0 Å². The van der Waals surface area contributed by atoms with E-state index >= 15 is 0 Å². The van der Waals surface area contributed by atoms with Crippen molar-refractivity contribution in [2.75, 3.05) is 19.6 Å². The first-order chi connectivity index (χ1) is 10.4. The Labute approximate surface area is 136 Å². The second-order valence-corrected chi connectivity index (χ2v) is 8.65. The lowest BCUT2D eigenvalue weighted by atomic mass is 10.1. The molecule has 0 saturated carbocycles. The van der Waals surface area contributed by atoms with Crippen molar-refractivity contribution in [1.29, 1.82) is 0 Å². The molecule has 0 aliphatic heterocycles. The van der Waals surface area contributed by atoms with Crippen LogP contribution in [0, 0.1) is 13.8 Å². The van der Waals surface area contributed by atoms with Gasteiger partial charge in [0, 0.05) is 24.5 Å². The minimum Gasteiger partial charge on any atom is -0.329 e. The fourth-order valence-corrected chi connectivity index (χ4v) is 5.32. The van der Waals surface area contributed by atoms with Gasteiger partial charge in [-0.1, -0.05) is 30.3 Å². The normalized spacial score (nSPS) is 12.0. The van der Waals surface area contributed by atoms with Crippen molar-refractivity contribution in [3.8, 4) is 0 Å². The average molecular weight is 338 g/mol. The van der Waals surface area contributed by atoms with Gasteiger partial charge in [0.25, 0.3) is 10.0 Å². The number of rotatable bonds is 7. The summed E-state index contributed by atoms with van der Waals surface area (Å²) in [5, 5.41) is 0. The molecule has 0 atom stereocenters. The molecule has 120 valence electrons. The second-order valence-electron chi connectivity index (χ2n) is 5.23. The lowest BCUT2D eigenvalue weighted by Gasteiger charge is -2.20. The quantitative estimate of drug-likeness (QED) is 0.844. The Morgan fingerprint density at radius 1 is 1.14 bits per heavy atom. The zero-order valence-corrected chi connectivity index (χ0v) is 14.6. The van der Waals surface area contributed by atoms with Gasteiger partial charge in [-0.2, -0.15) is 4.31 Å². The zero-order valence-electron chi connectivity index (χ0n) is 13.0. The van der Waals surface area contributed by atoms with E-state index in [2.05, 4.69) is 0 Å². The third kappa shape index (κ3) is 3.95. The maximum atomic E-state index is 12.8. The molecular weight excluding hydrogens is 316 g/mol. The molecule has 0 aliphatic carbocycles. The Bertz CT molecular complexity index is 690. The van der Waals surface area contributed by atoms with Gasteiger partial charge >= 0.3 is 0 Å². The molecule has 1 aromatic heterocycles. The second kappa shape index (κ2) is 7.37. The summed E-state index contributed by atoms with van der Waals surface area (Å²) in [5.41, 5.74) is 7.74. The highest BCUT2D eigenvalue weighted by Gasteiger charge is 2.25. The Morgan fingerprint density at radius 2 is 1.82 bits per heavy atom. The Morgan fingerprint density at radius 3 is 2.36 bits per heavy atom. The van der Waals surface area contributed by atoms with E-state index in [0.717, 1.165) is 16.0 Å². The van der Waals surface area contributed by atoms with Crippen molar-refractivity contribution >= 4 is 21.4 Å². The van der Waals surface area contributed by atoms with Crippen molar-refractivity contribution in [1.82, 2.24) is 4.31 Å². The predicted octanol–water partition coefficient (Wildman–Crippen LogP) is 2.56. The van der Waals surface area contributed by atoms with Crippen LogP contribution in [0.4, 0.5) is 0 Å². The molecule has 2 N–H and O–H groups in total. The monoisotopic (exact) mass is 338 g/mol. The highest BCUT2D eigenvalue weighted by molar-refractivity contribution is 7.91. The number of thiophene rings is 1. The molecule has 1 aromatic carbocycles. The smallest absolute Gasteiger partial charge is 0.252 e. The lowest BCUT2D eigenvalue weighted by molar-refractivity contribution is 0.423. The molecular formula is C16H22N2O2S2. The van der Waals surface area contributed by atoms with E-state index in [0.29, 0.717) is 30.3 Å². The number of hydrogen-bond donors (Lipinski definition) is 1. The standard InChI is InChI=1S/C16H22N2O2S2/c1-13-12-16(21-14(13)2)22(19,20)18(11-9-17)10-8-15-6-4-3-5-7-15/h3-7,12H,8-11,17H2,1-2H3. The lowest BCUT2D eigenvalue weighted by Crippen LogP contribution is -2.36. The Balaban J connectivity index is 2.19. The van der Waals surface area contributed by atoms with E-state index < -0.39 is 10.0 Å². The fraction of sp³-hybridized carbons (Fsp3) is 0.375. The molecule has 22 heavy (non-hydrogen) atoms. The van der Waals surface area contributed by atoms with Crippen LogP contribution in [0.1, 0.15) is 16.0 Å². The number of hydrogen-bond acceptors (Lipinski definition) is 4. The number of sulfonamides is 1. The Hall–Kier alpha value is -1.21. The first kappa shape index (κ1) is 17.1. The predicted molar refractivity (Wildman–Crippen MR) is 91.8 cm³/mol. The van der Waals surface area contributed by atoms with E-state index in [1.54, 1.807) is 6.07 Å². The van der Waals surface area contributed by atoms with E-state index in [-0.39, 0.29) is 0 Å². The van der Waals surface area contributed by atoms with Gasteiger partial charge in [0.05, 0.1) is 0 Å². The summed E-state index contributed by atoms with van der Waals surface area (Å²) in [4.78, 5) is 1.04. The average Bonchev–Trinajstić information content (AvgIpc) is 2.85. The number of nitrogens with zero attached hydrogens (tertiary/aromatic N) is 1. The first-order valence-corrected chi connectivity index (χ1v) is 9.52. The van der Waals surface area contributed by atoms with Crippen LogP contribution >= 0.6 is 11.3 Å². The molecule has 0 amide bonds. The summed E-state index contributed by atoms with van der Waals surface area (Å²) in [6.45, 7) is 4.97. The van der Waals surface area contributed by atoms with E-state index in [4.69, 9.17) is 5.73 Å². The first-order valence-electron chi connectivity index (χ1n) is 7.26. The topological polar surface area (TPSA) is 63.4 Å². The summed E-state index contributed by atoms with van der Waals surface area (Å²) < 4.78 is 27.5. The summed E-state index contributed by atoms with van der Waals surface area (Å²) in [6.07, 6.45) is 0.684. The molecule has 2 aromatic rings. The highest BCUT2D eigenvalue weighted by atomic mass is 32.2. The zero-order chi connectivity index (χ0) is 16.2. The number of aryl methyl sites for hydroxylation is 2. The molecule has 4 nitrogen and oxygen atoms in total. The van der Waals surface area contributed by atoms with Gasteiger partial charge in [-0.3, -0.25) is 0 Å².